The van der Waals surface area contributed by atoms with Crippen molar-refractivity contribution in [2.24, 2.45) is 0 Å². The van der Waals surface area contributed by atoms with Crippen molar-refractivity contribution in [3.8, 4) is 0 Å². The van der Waals surface area contributed by atoms with Crippen LogP contribution in [-0.4, -0.2) is 12.6 Å². The Morgan fingerprint density at radius 1 is 0.944 bits per heavy atom. The normalized spacial score (nSPS) is 18.8. The molecule has 3 nitrogen and oxygen atoms in total. The molecule has 3 rings (SSSR count). The van der Waals surface area contributed by atoms with E-state index in [1.165, 1.54) is 0 Å². The average Bonchev–Trinajstić information content (AvgIpc) is 2.83. The van der Waals surface area contributed by atoms with Crippen LogP contribution in [0.1, 0.15) is 11.7 Å². The molecule has 0 bridgehead atoms. The molecule has 1 heterocycles. The van der Waals surface area contributed by atoms with Gasteiger partial charge in [-0.25, -0.2) is 4.79 Å². The van der Waals surface area contributed by atoms with Crippen LogP contribution in [0.15, 0.2) is 60.7 Å². The first kappa shape index (κ1) is 10.8. The third kappa shape index (κ3) is 1.95. The van der Waals surface area contributed by atoms with Gasteiger partial charge in [0.1, 0.15) is 6.10 Å². The number of nitrogens with zero attached hydrogens (tertiary/aromatic N) is 1. The lowest BCUT2D eigenvalue weighted by Gasteiger charge is -2.12. The lowest BCUT2D eigenvalue weighted by molar-refractivity contribution is 0.142. The van der Waals surface area contributed by atoms with Crippen molar-refractivity contribution in [1.29, 1.82) is 0 Å². The maximum atomic E-state index is 11.9. The van der Waals surface area contributed by atoms with E-state index in [1.54, 1.807) is 4.90 Å². The molecule has 1 amide bonds. The van der Waals surface area contributed by atoms with Crippen LogP contribution in [-0.2, 0) is 4.74 Å². The summed E-state index contributed by atoms with van der Waals surface area (Å²) >= 11 is 0. The molecule has 0 aromatic heterocycles. The molecule has 0 radical (unpaired) electrons. The number of hydrogen-bond acceptors (Lipinski definition) is 2. The lowest BCUT2D eigenvalue weighted by Crippen LogP contribution is -2.23. The summed E-state index contributed by atoms with van der Waals surface area (Å²) in [4.78, 5) is 13.5. The fraction of sp³-hybridized carbons (Fsp3) is 0.133. The first-order valence-corrected chi connectivity index (χ1v) is 5.93. The summed E-state index contributed by atoms with van der Waals surface area (Å²) in [6.45, 7) is 0.562. The highest BCUT2D eigenvalue weighted by molar-refractivity contribution is 5.89. The quantitative estimate of drug-likeness (QED) is 0.804. The van der Waals surface area contributed by atoms with Crippen LogP contribution >= 0.6 is 0 Å². The molecule has 0 N–H and O–H groups in total. The molecule has 0 spiro atoms. The van der Waals surface area contributed by atoms with Gasteiger partial charge < -0.3 is 4.74 Å². The maximum Gasteiger partial charge on any atom is 0.415 e. The van der Waals surface area contributed by atoms with E-state index in [0.717, 1.165) is 11.3 Å². The van der Waals surface area contributed by atoms with Crippen molar-refractivity contribution in [3.63, 3.8) is 0 Å². The highest BCUT2D eigenvalue weighted by Gasteiger charge is 2.32. The molecule has 0 unspecified atom stereocenters. The van der Waals surface area contributed by atoms with Gasteiger partial charge in [-0.15, -0.1) is 0 Å². The van der Waals surface area contributed by atoms with Gasteiger partial charge in [0.05, 0.1) is 6.54 Å². The maximum absolute atomic E-state index is 11.9. The SMILES string of the molecule is O=C1O[C@H](c2ccccc2)CN1c1ccccc1. The average molecular weight is 239 g/mol. The zero-order valence-corrected chi connectivity index (χ0v) is 9.82. The highest BCUT2D eigenvalue weighted by atomic mass is 16.6. The zero-order valence-electron chi connectivity index (χ0n) is 9.82. The number of ether oxygens (including phenoxy) is 1. The van der Waals surface area contributed by atoms with Crippen LogP contribution < -0.4 is 4.90 Å². The molecule has 18 heavy (non-hydrogen) atoms. The number of amides is 1. The molecule has 2 aromatic carbocycles. The summed E-state index contributed by atoms with van der Waals surface area (Å²) in [5, 5.41) is 0. The number of carbonyl (C=O) groups excluding carboxylic acids is 1. The van der Waals surface area contributed by atoms with E-state index in [4.69, 9.17) is 4.74 Å². The van der Waals surface area contributed by atoms with E-state index < -0.39 is 0 Å². The van der Waals surface area contributed by atoms with Crippen molar-refractivity contribution in [2.75, 3.05) is 11.4 Å². The Labute approximate surface area is 106 Å². The number of hydrogen-bond donors (Lipinski definition) is 0. The van der Waals surface area contributed by atoms with Gasteiger partial charge in [0.15, 0.2) is 0 Å². The van der Waals surface area contributed by atoms with Crippen molar-refractivity contribution in [3.05, 3.63) is 66.2 Å². The van der Waals surface area contributed by atoms with Gasteiger partial charge in [0.2, 0.25) is 0 Å². The Kier molecular flexibility index (Phi) is 2.73. The van der Waals surface area contributed by atoms with E-state index in [1.807, 2.05) is 60.7 Å². The minimum atomic E-state index is -0.282. The van der Waals surface area contributed by atoms with Gasteiger partial charge in [-0.2, -0.15) is 0 Å². The van der Waals surface area contributed by atoms with Gasteiger partial charge in [0.25, 0.3) is 0 Å². The van der Waals surface area contributed by atoms with E-state index >= 15 is 0 Å². The van der Waals surface area contributed by atoms with Gasteiger partial charge >= 0.3 is 6.09 Å². The highest BCUT2D eigenvalue weighted by Crippen LogP contribution is 2.29. The number of cyclic esters (lactones) is 1. The Morgan fingerprint density at radius 3 is 2.22 bits per heavy atom. The molecular formula is C15H13NO2. The van der Waals surface area contributed by atoms with E-state index in [0.29, 0.717) is 6.54 Å². The first-order valence-electron chi connectivity index (χ1n) is 5.93. The molecule has 1 aliphatic rings. The molecule has 0 aliphatic carbocycles. The molecule has 1 saturated heterocycles. The molecule has 1 aliphatic heterocycles. The van der Waals surface area contributed by atoms with Crippen LogP contribution in [0, 0.1) is 0 Å². The predicted molar refractivity (Wildman–Crippen MR) is 69.5 cm³/mol. The fourth-order valence-electron chi connectivity index (χ4n) is 2.12. The number of benzene rings is 2. The molecule has 90 valence electrons. The second kappa shape index (κ2) is 4.53. The lowest BCUT2D eigenvalue weighted by atomic mass is 10.1. The second-order valence-corrected chi connectivity index (χ2v) is 4.23. The summed E-state index contributed by atoms with van der Waals surface area (Å²) in [7, 11) is 0. The van der Waals surface area contributed by atoms with Gasteiger partial charge in [-0.1, -0.05) is 48.5 Å². The Hall–Kier alpha value is -2.29. The van der Waals surface area contributed by atoms with Gasteiger partial charge in [-0.3, -0.25) is 4.90 Å². The first-order chi connectivity index (χ1) is 8.84. The van der Waals surface area contributed by atoms with E-state index in [2.05, 4.69) is 0 Å². The molecule has 1 fully saturated rings. The largest absolute Gasteiger partial charge is 0.439 e. The van der Waals surface area contributed by atoms with Crippen LogP contribution in [0.2, 0.25) is 0 Å². The van der Waals surface area contributed by atoms with Crippen molar-refractivity contribution < 1.29 is 9.53 Å². The number of para-hydroxylation sites is 1. The number of anilines is 1. The summed E-state index contributed by atoms with van der Waals surface area (Å²) in [5.74, 6) is 0. The summed E-state index contributed by atoms with van der Waals surface area (Å²) in [5.41, 5.74) is 1.91. The second-order valence-electron chi connectivity index (χ2n) is 4.23. The standard InChI is InChI=1S/C15H13NO2/c17-15-16(13-9-5-2-6-10-13)11-14(18-15)12-7-3-1-4-8-12/h1-10,14H,11H2/t14-/m0/s1. The molecule has 2 aromatic rings. The Bertz CT molecular complexity index is 539. The van der Waals surface area contributed by atoms with Crippen LogP contribution in [0.3, 0.4) is 0 Å². The minimum absolute atomic E-state index is 0.182. The predicted octanol–water partition coefficient (Wildman–Crippen LogP) is 3.38. The molecule has 1 atom stereocenters. The van der Waals surface area contributed by atoms with E-state index in [9.17, 15) is 4.79 Å². The summed E-state index contributed by atoms with van der Waals surface area (Å²) in [6, 6.07) is 19.4. The fourth-order valence-corrected chi connectivity index (χ4v) is 2.12. The van der Waals surface area contributed by atoms with Crippen molar-refractivity contribution in [1.82, 2.24) is 0 Å². The van der Waals surface area contributed by atoms with Crippen LogP contribution in [0.25, 0.3) is 0 Å². The van der Waals surface area contributed by atoms with Gasteiger partial charge in [0, 0.05) is 5.69 Å². The number of carbonyl (C=O) groups is 1. The monoisotopic (exact) mass is 239 g/mol. The zero-order chi connectivity index (χ0) is 12.4. The smallest absolute Gasteiger partial charge is 0.415 e. The van der Waals surface area contributed by atoms with Crippen LogP contribution in [0.4, 0.5) is 10.5 Å². The van der Waals surface area contributed by atoms with E-state index in [-0.39, 0.29) is 12.2 Å². The van der Waals surface area contributed by atoms with Crippen molar-refractivity contribution >= 4 is 11.8 Å². The summed E-state index contributed by atoms with van der Waals surface area (Å²) < 4.78 is 5.40. The van der Waals surface area contributed by atoms with Crippen molar-refractivity contribution in [2.45, 2.75) is 6.10 Å². The third-order valence-electron chi connectivity index (χ3n) is 3.05. The van der Waals surface area contributed by atoms with Crippen LogP contribution in [0.5, 0.6) is 0 Å². The van der Waals surface area contributed by atoms with Gasteiger partial charge in [-0.05, 0) is 17.7 Å². The molecule has 3 heteroatoms. The topological polar surface area (TPSA) is 29.5 Å². The number of rotatable bonds is 2. The summed E-state index contributed by atoms with van der Waals surface area (Å²) in [6.07, 6.45) is -0.464. The minimum Gasteiger partial charge on any atom is -0.439 e. The Balaban J connectivity index is 1.83. The molecular weight excluding hydrogens is 226 g/mol. The third-order valence-corrected chi connectivity index (χ3v) is 3.05. The molecule has 0 saturated carbocycles. The Morgan fingerprint density at radius 2 is 1.56 bits per heavy atom.